The summed E-state index contributed by atoms with van der Waals surface area (Å²) in [6, 6.07) is 11.6. The van der Waals surface area contributed by atoms with Gasteiger partial charge in [0.25, 0.3) is 0 Å². The zero-order valence-corrected chi connectivity index (χ0v) is 7.18. The third kappa shape index (κ3) is 1.12. The van der Waals surface area contributed by atoms with Crippen molar-refractivity contribution in [1.82, 2.24) is 0 Å². The maximum absolute atomic E-state index is 5.98. The molecule has 0 radical (unpaired) electrons. The average Bonchev–Trinajstić information content (AvgIpc) is 2.04. The topological polar surface area (TPSA) is 26.0 Å². The van der Waals surface area contributed by atoms with Gasteiger partial charge in [-0.3, -0.25) is 0 Å². The monoisotopic (exact) mass is 177 g/mol. The molecule has 12 heavy (non-hydrogen) atoms. The summed E-state index contributed by atoms with van der Waals surface area (Å²) in [5.41, 5.74) is 6.35. The Bertz CT molecular complexity index is 423. The highest BCUT2D eigenvalue weighted by atomic mass is 35.5. The summed E-state index contributed by atoms with van der Waals surface area (Å²) in [6.07, 6.45) is 0. The normalized spacial score (nSPS) is 10.4. The summed E-state index contributed by atoms with van der Waals surface area (Å²) in [7, 11) is 0. The third-order valence-electron chi connectivity index (χ3n) is 1.83. The van der Waals surface area contributed by atoms with E-state index in [4.69, 9.17) is 17.3 Å². The molecule has 0 spiro atoms. The standard InChI is InChI=1S/C10H8ClN/c11-10-6-8(12)5-7-3-1-2-4-9(7)10/h1-6H,12H2. The van der Waals surface area contributed by atoms with E-state index in [9.17, 15) is 0 Å². The molecular weight excluding hydrogens is 170 g/mol. The van der Waals surface area contributed by atoms with Crippen molar-refractivity contribution in [2.24, 2.45) is 0 Å². The van der Waals surface area contributed by atoms with Gasteiger partial charge in [-0.05, 0) is 17.5 Å². The maximum atomic E-state index is 5.98. The number of benzene rings is 2. The quantitative estimate of drug-likeness (QED) is 0.615. The van der Waals surface area contributed by atoms with Gasteiger partial charge in [-0.15, -0.1) is 0 Å². The lowest BCUT2D eigenvalue weighted by atomic mass is 10.1. The van der Waals surface area contributed by atoms with Gasteiger partial charge in [-0.1, -0.05) is 35.9 Å². The zero-order chi connectivity index (χ0) is 8.55. The molecule has 0 aliphatic heterocycles. The molecule has 2 rings (SSSR count). The largest absolute Gasteiger partial charge is 0.399 e. The zero-order valence-electron chi connectivity index (χ0n) is 6.42. The van der Waals surface area contributed by atoms with Crippen molar-refractivity contribution in [3.8, 4) is 0 Å². The number of hydrogen-bond acceptors (Lipinski definition) is 1. The van der Waals surface area contributed by atoms with Crippen molar-refractivity contribution >= 4 is 28.1 Å². The molecule has 0 atom stereocenters. The number of halogens is 1. The molecule has 0 amide bonds. The van der Waals surface area contributed by atoms with Gasteiger partial charge in [0, 0.05) is 11.1 Å². The smallest absolute Gasteiger partial charge is 0.0504 e. The fraction of sp³-hybridized carbons (Fsp3) is 0. The molecule has 0 saturated heterocycles. The summed E-state index contributed by atoms with van der Waals surface area (Å²) in [6.45, 7) is 0. The van der Waals surface area contributed by atoms with Crippen LogP contribution in [0.5, 0.6) is 0 Å². The van der Waals surface area contributed by atoms with Crippen LogP contribution in [0.4, 0.5) is 5.69 Å². The number of nitrogens with two attached hydrogens (primary N) is 1. The molecule has 60 valence electrons. The minimum absolute atomic E-state index is 0.707. The first-order valence-electron chi connectivity index (χ1n) is 3.71. The predicted molar refractivity (Wildman–Crippen MR) is 53.4 cm³/mol. The molecule has 0 unspecified atom stereocenters. The Balaban J connectivity index is 2.89. The van der Waals surface area contributed by atoms with E-state index in [-0.39, 0.29) is 0 Å². The van der Waals surface area contributed by atoms with Gasteiger partial charge in [0.2, 0.25) is 0 Å². The first-order valence-corrected chi connectivity index (χ1v) is 4.09. The van der Waals surface area contributed by atoms with Gasteiger partial charge in [-0.2, -0.15) is 0 Å². The minimum Gasteiger partial charge on any atom is -0.399 e. The van der Waals surface area contributed by atoms with E-state index in [1.807, 2.05) is 30.3 Å². The van der Waals surface area contributed by atoms with Crippen molar-refractivity contribution in [2.45, 2.75) is 0 Å². The van der Waals surface area contributed by atoms with Gasteiger partial charge in [0.1, 0.15) is 0 Å². The molecule has 0 fully saturated rings. The van der Waals surface area contributed by atoms with Gasteiger partial charge in [0.15, 0.2) is 0 Å². The molecular formula is C10H8ClN. The van der Waals surface area contributed by atoms with Crippen molar-refractivity contribution in [2.75, 3.05) is 5.73 Å². The Kier molecular flexibility index (Phi) is 1.66. The molecule has 2 N–H and O–H groups in total. The van der Waals surface area contributed by atoms with Crippen LogP contribution >= 0.6 is 11.6 Å². The van der Waals surface area contributed by atoms with E-state index in [0.717, 1.165) is 10.8 Å². The number of rotatable bonds is 0. The molecule has 0 aliphatic carbocycles. The fourth-order valence-electron chi connectivity index (χ4n) is 1.29. The maximum Gasteiger partial charge on any atom is 0.0504 e. The Morgan fingerprint density at radius 1 is 1.08 bits per heavy atom. The SMILES string of the molecule is Nc1cc(Cl)c2ccccc2c1. The first kappa shape index (κ1) is 7.44. The van der Waals surface area contributed by atoms with Crippen LogP contribution in [-0.4, -0.2) is 0 Å². The number of anilines is 1. The van der Waals surface area contributed by atoms with Crippen LogP contribution in [-0.2, 0) is 0 Å². The molecule has 0 bridgehead atoms. The van der Waals surface area contributed by atoms with Crippen molar-refractivity contribution < 1.29 is 0 Å². The van der Waals surface area contributed by atoms with Crippen LogP contribution in [0, 0.1) is 0 Å². The Hall–Kier alpha value is -1.21. The Labute approximate surface area is 75.8 Å². The first-order chi connectivity index (χ1) is 5.77. The van der Waals surface area contributed by atoms with Crippen LogP contribution in [0.15, 0.2) is 36.4 Å². The van der Waals surface area contributed by atoms with Gasteiger partial charge < -0.3 is 5.73 Å². The fourth-order valence-corrected chi connectivity index (χ4v) is 1.58. The Morgan fingerprint density at radius 3 is 2.67 bits per heavy atom. The molecule has 0 aliphatic rings. The second kappa shape index (κ2) is 2.68. The van der Waals surface area contributed by atoms with Gasteiger partial charge in [0.05, 0.1) is 5.02 Å². The van der Waals surface area contributed by atoms with E-state index in [0.29, 0.717) is 10.7 Å². The van der Waals surface area contributed by atoms with E-state index in [2.05, 4.69) is 0 Å². The van der Waals surface area contributed by atoms with E-state index < -0.39 is 0 Å². The van der Waals surface area contributed by atoms with Crippen LogP contribution in [0.1, 0.15) is 0 Å². The summed E-state index contributed by atoms with van der Waals surface area (Å²) < 4.78 is 0. The number of hydrogen-bond donors (Lipinski definition) is 1. The summed E-state index contributed by atoms with van der Waals surface area (Å²) in [5, 5.41) is 2.85. The predicted octanol–water partition coefficient (Wildman–Crippen LogP) is 3.08. The highest BCUT2D eigenvalue weighted by Gasteiger charge is 1.98. The highest BCUT2D eigenvalue weighted by Crippen LogP contribution is 2.25. The minimum atomic E-state index is 0.707. The molecule has 0 heterocycles. The molecule has 0 aromatic heterocycles. The van der Waals surface area contributed by atoms with Crippen molar-refractivity contribution in [1.29, 1.82) is 0 Å². The van der Waals surface area contributed by atoms with Crippen LogP contribution in [0.2, 0.25) is 5.02 Å². The summed E-state index contributed by atoms with van der Waals surface area (Å²) >= 11 is 5.98. The highest BCUT2D eigenvalue weighted by molar-refractivity contribution is 6.35. The van der Waals surface area contributed by atoms with E-state index in [1.165, 1.54) is 0 Å². The third-order valence-corrected chi connectivity index (χ3v) is 2.15. The van der Waals surface area contributed by atoms with E-state index >= 15 is 0 Å². The lowest BCUT2D eigenvalue weighted by Gasteiger charge is -2.01. The van der Waals surface area contributed by atoms with Crippen LogP contribution in [0.3, 0.4) is 0 Å². The lowest BCUT2D eigenvalue weighted by molar-refractivity contribution is 1.72. The second-order valence-corrected chi connectivity index (χ2v) is 3.13. The second-order valence-electron chi connectivity index (χ2n) is 2.72. The lowest BCUT2D eigenvalue weighted by Crippen LogP contribution is -1.84. The van der Waals surface area contributed by atoms with Gasteiger partial charge in [-0.25, -0.2) is 0 Å². The van der Waals surface area contributed by atoms with E-state index in [1.54, 1.807) is 6.07 Å². The summed E-state index contributed by atoms with van der Waals surface area (Å²) in [5.74, 6) is 0. The molecule has 2 aromatic rings. The summed E-state index contributed by atoms with van der Waals surface area (Å²) in [4.78, 5) is 0. The number of nitrogen functional groups attached to an aromatic ring is 1. The molecule has 2 aromatic carbocycles. The average molecular weight is 178 g/mol. The van der Waals surface area contributed by atoms with Crippen molar-refractivity contribution in [3.63, 3.8) is 0 Å². The molecule has 0 saturated carbocycles. The van der Waals surface area contributed by atoms with Crippen LogP contribution < -0.4 is 5.73 Å². The molecule has 1 nitrogen and oxygen atoms in total. The molecule has 2 heteroatoms. The van der Waals surface area contributed by atoms with Gasteiger partial charge >= 0.3 is 0 Å². The number of fused-ring (bicyclic) bond motifs is 1. The van der Waals surface area contributed by atoms with Crippen molar-refractivity contribution in [3.05, 3.63) is 41.4 Å². The van der Waals surface area contributed by atoms with Crippen LogP contribution in [0.25, 0.3) is 10.8 Å². The Morgan fingerprint density at radius 2 is 1.83 bits per heavy atom.